The van der Waals surface area contributed by atoms with Gasteiger partial charge in [-0.3, -0.25) is 0 Å². The predicted octanol–water partition coefficient (Wildman–Crippen LogP) is 4.52. The Labute approximate surface area is 128 Å². The van der Waals surface area contributed by atoms with E-state index in [1.807, 2.05) is 10.6 Å². The van der Waals surface area contributed by atoms with Crippen LogP contribution in [0.25, 0.3) is 11.0 Å². The number of benzene rings is 2. The van der Waals surface area contributed by atoms with Gasteiger partial charge in [0.05, 0.1) is 11.4 Å². The van der Waals surface area contributed by atoms with E-state index in [2.05, 4.69) is 36.2 Å². The summed E-state index contributed by atoms with van der Waals surface area (Å²) in [5.41, 5.74) is 3.63. The monoisotopic (exact) mass is 302 g/mol. The van der Waals surface area contributed by atoms with E-state index >= 15 is 0 Å². The third kappa shape index (κ3) is 2.66. The molecule has 2 aromatic carbocycles. The largest absolute Gasteiger partial charge is 0.322 e. The summed E-state index contributed by atoms with van der Waals surface area (Å²) in [5, 5.41) is 0. The highest BCUT2D eigenvalue weighted by Gasteiger charge is 2.13. The van der Waals surface area contributed by atoms with Crippen molar-refractivity contribution in [2.75, 3.05) is 0 Å². The van der Waals surface area contributed by atoms with Crippen molar-refractivity contribution in [2.24, 2.45) is 0 Å². The highest BCUT2D eigenvalue weighted by Crippen LogP contribution is 2.21. The number of aromatic nitrogens is 2. The molecular weight excluding hydrogens is 287 g/mol. The summed E-state index contributed by atoms with van der Waals surface area (Å²) in [6.45, 7) is 2.78. The third-order valence-electron chi connectivity index (χ3n) is 3.70. The summed E-state index contributed by atoms with van der Waals surface area (Å²) < 4.78 is 15.8. The first kappa shape index (κ1) is 14.1. The van der Waals surface area contributed by atoms with E-state index in [1.165, 1.54) is 11.6 Å². The Hall–Kier alpha value is -1.87. The van der Waals surface area contributed by atoms with Crippen LogP contribution in [0, 0.1) is 5.82 Å². The van der Waals surface area contributed by atoms with Gasteiger partial charge in [0.15, 0.2) is 5.82 Å². The molecule has 0 spiro atoms. The number of imidazole rings is 1. The van der Waals surface area contributed by atoms with Gasteiger partial charge in [0.1, 0.15) is 11.3 Å². The molecule has 0 radical (unpaired) electrons. The van der Waals surface area contributed by atoms with Crippen molar-refractivity contribution in [3.8, 4) is 0 Å². The average Bonchev–Trinajstić information content (AvgIpc) is 2.87. The van der Waals surface area contributed by atoms with E-state index in [0.717, 1.165) is 17.5 Å². The smallest absolute Gasteiger partial charge is 0.151 e. The van der Waals surface area contributed by atoms with Crippen LogP contribution >= 0.6 is 11.6 Å². The highest BCUT2D eigenvalue weighted by atomic mass is 35.5. The maximum absolute atomic E-state index is 13.8. The van der Waals surface area contributed by atoms with E-state index in [1.54, 1.807) is 6.07 Å². The Balaban J connectivity index is 2.04. The first-order chi connectivity index (χ1) is 10.2. The van der Waals surface area contributed by atoms with Gasteiger partial charge >= 0.3 is 0 Å². The van der Waals surface area contributed by atoms with Gasteiger partial charge in [0.25, 0.3) is 0 Å². The van der Waals surface area contributed by atoms with E-state index in [0.29, 0.717) is 17.9 Å². The summed E-state index contributed by atoms with van der Waals surface area (Å²) >= 11 is 5.96. The molecule has 0 N–H and O–H groups in total. The van der Waals surface area contributed by atoms with Crippen LogP contribution in [0.3, 0.4) is 0 Å². The lowest BCUT2D eigenvalue weighted by Gasteiger charge is -2.08. The van der Waals surface area contributed by atoms with Crippen molar-refractivity contribution in [1.82, 2.24) is 9.55 Å². The summed E-state index contributed by atoms with van der Waals surface area (Å²) in [5.74, 6) is 0.650. The Morgan fingerprint density at radius 1 is 1.10 bits per heavy atom. The minimum Gasteiger partial charge on any atom is -0.322 e. The highest BCUT2D eigenvalue weighted by molar-refractivity contribution is 6.16. The van der Waals surface area contributed by atoms with Gasteiger partial charge in [-0.15, -0.1) is 11.6 Å². The maximum Gasteiger partial charge on any atom is 0.151 e. The van der Waals surface area contributed by atoms with Gasteiger partial charge < -0.3 is 4.57 Å². The molecule has 2 nitrogen and oxygen atoms in total. The number of hydrogen-bond donors (Lipinski definition) is 0. The molecule has 0 aliphatic rings. The molecule has 3 rings (SSSR count). The van der Waals surface area contributed by atoms with Crippen LogP contribution in [-0.2, 0) is 18.8 Å². The van der Waals surface area contributed by atoms with E-state index in [4.69, 9.17) is 11.6 Å². The van der Waals surface area contributed by atoms with Crippen molar-refractivity contribution in [1.29, 1.82) is 0 Å². The first-order valence-corrected chi connectivity index (χ1v) is 7.53. The summed E-state index contributed by atoms with van der Waals surface area (Å²) in [6.07, 6.45) is 1.02. The molecule has 108 valence electrons. The number of para-hydroxylation sites is 1. The Kier molecular flexibility index (Phi) is 3.93. The van der Waals surface area contributed by atoms with Gasteiger partial charge in [-0.2, -0.15) is 0 Å². The normalized spacial score (nSPS) is 11.2. The molecule has 1 aromatic heterocycles. The number of hydrogen-bond acceptors (Lipinski definition) is 1. The van der Waals surface area contributed by atoms with Crippen LogP contribution in [0.4, 0.5) is 4.39 Å². The number of halogens is 2. The van der Waals surface area contributed by atoms with E-state index in [-0.39, 0.29) is 11.7 Å². The van der Waals surface area contributed by atoms with Crippen LogP contribution in [0.5, 0.6) is 0 Å². The van der Waals surface area contributed by atoms with Crippen molar-refractivity contribution >= 4 is 22.6 Å². The zero-order valence-electron chi connectivity index (χ0n) is 11.8. The van der Waals surface area contributed by atoms with E-state index < -0.39 is 0 Å². The standard InChI is InChI=1S/C17H16ClFN2/c1-2-12-6-8-13(9-7-12)11-21-15-5-3-4-14(19)17(15)20-16(21)10-18/h3-9H,2,10-11H2,1H3. The third-order valence-corrected chi connectivity index (χ3v) is 3.94. The van der Waals surface area contributed by atoms with Crippen LogP contribution < -0.4 is 0 Å². The van der Waals surface area contributed by atoms with Crippen LogP contribution in [0.2, 0.25) is 0 Å². The molecule has 0 saturated carbocycles. The van der Waals surface area contributed by atoms with Gasteiger partial charge in [0, 0.05) is 6.54 Å². The molecule has 3 aromatic rings. The molecule has 0 saturated heterocycles. The molecule has 4 heteroatoms. The van der Waals surface area contributed by atoms with Crippen LogP contribution in [0.15, 0.2) is 42.5 Å². The molecule has 0 unspecified atom stereocenters. The van der Waals surface area contributed by atoms with Crippen molar-refractivity contribution in [3.05, 3.63) is 65.2 Å². The molecule has 0 aliphatic carbocycles. The number of fused-ring (bicyclic) bond motifs is 1. The Bertz CT molecular complexity index is 762. The second kappa shape index (κ2) is 5.86. The van der Waals surface area contributed by atoms with Gasteiger partial charge in [-0.25, -0.2) is 9.37 Å². The first-order valence-electron chi connectivity index (χ1n) is 7.00. The molecular formula is C17H16ClFN2. The number of rotatable bonds is 4. The second-order valence-electron chi connectivity index (χ2n) is 5.03. The lowest BCUT2D eigenvalue weighted by atomic mass is 10.1. The van der Waals surface area contributed by atoms with Crippen LogP contribution in [-0.4, -0.2) is 9.55 Å². The fourth-order valence-corrected chi connectivity index (χ4v) is 2.71. The molecule has 0 aliphatic heterocycles. The van der Waals surface area contributed by atoms with Gasteiger partial charge in [0.2, 0.25) is 0 Å². The zero-order valence-corrected chi connectivity index (χ0v) is 12.6. The number of nitrogens with zero attached hydrogens (tertiary/aromatic N) is 2. The molecule has 0 bridgehead atoms. The van der Waals surface area contributed by atoms with Crippen molar-refractivity contribution in [2.45, 2.75) is 25.8 Å². The Morgan fingerprint density at radius 2 is 1.81 bits per heavy atom. The average molecular weight is 303 g/mol. The fraction of sp³-hybridized carbons (Fsp3) is 0.235. The zero-order chi connectivity index (χ0) is 14.8. The minimum atomic E-state index is -0.307. The molecule has 0 amide bonds. The Morgan fingerprint density at radius 3 is 2.48 bits per heavy atom. The number of alkyl halides is 1. The predicted molar refractivity (Wildman–Crippen MR) is 84.2 cm³/mol. The van der Waals surface area contributed by atoms with Crippen LogP contribution in [0.1, 0.15) is 23.9 Å². The summed E-state index contributed by atoms with van der Waals surface area (Å²) in [7, 11) is 0. The van der Waals surface area contributed by atoms with E-state index in [9.17, 15) is 4.39 Å². The molecule has 21 heavy (non-hydrogen) atoms. The molecule has 0 atom stereocenters. The summed E-state index contributed by atoms with van der Waals surface area (Å²) in [4.78, 5) is 4.32. The SMILES string of the molecule is CCc1ccc(Cn2c(CCl)nc3c(F)cccc32)cc1. The molecule has 0 fully saturated rings. The van der Waals surface area contributed by atoms with Crippen molar-refractivity contribution < 1.29 is 4.39 Å². The lowest BCUT2D eigenvalue weighted by Crippen LogP contribution is -2.03. The molecule has 1 heterocycles. The van der Waals surface area contributed by atoms with Gasteiger partial charge in [-0.05, 0) is 29.7 Å². The fourth-order valence-electron chi connectivity index (χ4n) is 2.50. The topological polar surface area (TPSA) is 17.8 Å². The second-order valence-corrected chi connectivity index (χ2v) is 5.29. The number of aryl methyl sites for hydroxylation is 1. The lowest BCUT2D eigenvalue weighted by molar-refractivity contribution is 0.637. The maximum atomic E-state index is 13.8. The van der Waals surface area contributed by atoms with Crippen molar-refractivity contribution in [3.63, 3.8) is 0 Å². The quantitative estimate of drug-likeness (QED) is 0.648. The summed E-state index contributed by atoms with van der Waals surface area (Å²) in [6, 6.07) is 13.4. The minimum absolute atomic E-state index is 0.265. The van der Waals surface area contributed by atoms with Gasteiger partial charge in [-0.1, -0.05) is 37.3 Å².